The van der Waals surface area contributed by atoms with Crippen molar-refractivity contribution in [3.05, 3.63) is 23.4 Å². The standard InChI is InChI=1S/C36H62FN7O3/c1-6-9-10-11-15-25-16-12-17-27(37)23-41-28(22-25)31(34(38)39)35(45)42-33-29(18-19-40-32(33)26(13-7-2)14-8-3)44-20-21-47-30(24-44)36(46)43(4)5/h23,25-26,28-31,34,40-41H,6-11,13-16,18-22,24,38-39H2,1-5H3,(H,42,45)/b27-23+. The quantitative estimate of drug-likeness (QED) is 0.0962. The van der Waals surface area contributed by atoms with Crippen molar-refractivity contribution in [1.82, 2.24) is 25.8 Å². The second kappa shape index (κ2) is 20.0. The third-order valence-electron chi connectivity index (χ3n) is 9.78. The largest absolute Gasteiger partial charge is 0.387 e. The zero-order chi connectivity index (χ0) is 34.3. The molecule has 2 amide bonds. The molecule has 3 rings (SSSR count). The summed E-state index contributed by atoms with van der Waals surface area (Å²) in [7, 11) is 3.48. The molecule has 11 heteroatoms. The third-order valence-corrected chi connectivity index (χ3v) is 9.78. The van der Waals surface area contributed by atoms with Gasteiger partial charge in [0.15, 0.2) is 5.83 Å². The predicted molar refractivity (Wildman–Crippen MR) is 186 cm³/mol. The predicted octanol–water partition coefficient (Wildman–Crippen LogP) is 3.69. The van der Waals surface area contributed by atoms with Crippen molar-refractivity contribution in [3.63, 3.8) is 0 Å². The summed E-state index contributed by atoms with van der Waals surface area (Å²) in [5.41, 5.74) is 14.7. The van der Waals surface area contributed by atoms with E-state index in [-0.39, 0.29) is 29.7 Å². The molecule has 266 valence electrons. The Labute approximate surface area is 283 Å². The molecule has 3 aliphatic rings. The fourth-order valence-electron chi connectivity index (χ4n) is 7.34. The number of morpholine rings is 1. The summed E-state index contributed by atoms with van der Waals surface area (Å²) in [4.78, 5) is 31.2. The van der Waals surface area contributed by atoms with Gasteiger partial charge in [0.25, 0.3) is 5.91 Å². The smallest absolute Gasteiger partial charge is 0.252 e. The zero-order valence-corrected chi connectivity index (χ0v) is 29.6. The minimum Gasteiger partial charge on any atom is -0.387 e. The van der Waals surface area contributed by atoms with Crippen molar-refractivity contribution in [3.8, 4) is 11.8 Å². The van der Waals surface area contributed by atoms with Crippen molar-refractivity contribution in [2.75, 3.05) is 40.3 Å². The third kappa shape index (κ3) is 11.5. The Morgan fingerprint density at radius 3 is 2.55 bits per heavy atom. The molecule has 3 heterocycles. The van der Waals surface area contributed by atoms with Crippen LogP contribution in [0.5, 0.6) is 0 Å². The molecule has 7 N–H and O–H groups in total. The minimum atomic E-state index is -0.974. The van der Waals surface area contributed by atoms with E-state index >= 15 is 0 Å². The van der Waals surface area contributed by atoms with Crippen molar-refractivity contribution >= 4 is 11.8 Å². The molecule has 1 saturated heterocycles. The highest BCUT2D eigenvalue weighted by Gasteiger charge is 2.40. The minimum absolute atomic E-state index is 0.0674. The topological polar surface area (TPSA) is 138 Å². The Morgan fingerprint density at radius 1 is 1.15 bits per heavy atom. The number of carbonyl (C=O) groups is 2. The van der Waals surface area contributed by atoms with Gasteiger partial charge in [-0.25, -0.2) is 0 Å². The van der Waals surface area contributed by atoms with Gasteiger partial charge in [-0.15, -0.1) is 0 Å². The number of allylic oxidation sites excluding steroid dienone is 2. The lowest BCUT2D eigenvalue weighted by atomic mass is 9.84. The maximum absolute atomic E-state index is 14.6. The van der Waals surface area contributed by atoms with Gasteiger partial charge in [-0.05, 0) is 43.9 Å². The van der Waals surface area contributed by atoms with Gasteiger partial charge in [-0.1, -0.05) is 65.2 Å². The van der Waals surface area contributed by atoms with Crippen LogP contribution in [-0.4, -0.2) is 86.3 Å². The first-order valence-corrected chi connectivity index (χ1v) is 18.1. The van der Waals surface area contributed by atoms with E-state index in [1.165, 1.54) is 12.6 Å². The lowest BCUT2D eigenvalue weighted by Crippen LogP contribution is -2.59. The van der Waals surface area contributed by atoms with Gasteiger partial charge < -0.3 is 37.1 Å². The number of halogens is 1. The zero-order valence-electron chi connectivity index (χ0n) is 29.6. The molecule has 0 aromatic carbocycles. The van der Waals surface area contributed by atoms with E-state index in [0.29, 0.717) is 32.5 Å². The van der Waals surface area contributed by atoms with Gasteiger partial charge in [0, 0.05) is 64.0 Å². The van der Waals surface area contributed by atoms with Gasteiger partial charge in [0.1, 0.15) is 6.10 Å². The lowest BCUT2D eigenvalue weighted by Gasteiger charge is -2.43. The van der Waals surface area contributed by atoms with Crippen LogP contribution in [-0.2, 0) is 14.3 Å². The monoisotopic (exact) mass is 659 g/mol. The van der Waals surface area contributed by atoms with Crippen LogP contribution in [0, 0.1) is 29.6 Å². The number of rotatable bonds is 16. The lowest BCUT2D eigenvalue weighted by molar-refractivity contribution is -0.148. The van der Waals surface area contributed by atoms with Crippen LogP contribution in [0.1, 0.15) is 97.8 Å². The van der Waals surface area contributed by atoms with Crippen molar-refractivity contribution in [2.45, 2.75) is 122 Å². The number of nitrogens with zero attached hydrogens (tertiary/aromatic N) is 2. The number of carbonyl (C=O) groups excluding carboxylic acids is 2. The Bertz CT molecular complexity index is 1130. The average molecular weight is 660 g/mol. The highest BCUT2D eigenvalue weighted by Crippen LogP contribution is 2.31. The van der Waals surface area contributed by atoms with Crippen LogP contribution in [0.2, 0.25) is 0 Å². The highest BCUT2D eigenvalue weighted by atomic mass is 19.1. The number of amides is 2. The Balaban J connectivity index is 1.96. The molecule has 3 aliphatic heterocycles. The molecular weight excluding hydrogens is 597 g/mol. The molecule has 0 aromatic rings. The summed E-state index contributed by atoms with van der Waals surface area (Å²) >= 11 is 0. The van der Waals surface area contributed by atoms with Crippen LogP contribution < -0.4 is 27.4 Å². The summed E-state index contributed by atoms with van der Waals surface area (Å²) in [5, 5.41) is 10.2. The van der Waals surface area contributed by atoms with Gasteiger partial charge in [0.05, 0.1) is 30.4 Å². The summed E-state index contributed by atoms with van der Waals surface area (Å²) in [6.45, 7) is 8.83. The average Bonchev–Trinajstić information content (AvgIpc) is 3.13. The molecule has 0 bridgehead atoms. The summed E-state index contributed by atoms with van der Waals surface area (Å²) in [6, 6.07) is -0.599. The molecule has 10 nitrogen and oxygen atoms in total. The van der Waals surface area contributed by atoms with E-state index in [2.05, 4.69) is 53.5 Å². The maximum Gasteiger partial charge on any atom is 0.252 e. The molecule has 0 spiro atoms. The normalized spacial score (nSPS) is 25.7. The first-order chi connectivity index (χ1) is 22.6. The number of unbranched alkanes of at least 4 members (excludes halogenated alkanes) is 3. The van der Waals surface area contributed by atoms with Gasteiger partial charge >= 0.3 is 0 Å². The Morgan fingerprint density at radius 2 is 1.89 bits per heavy atom. The van der Waals surface area contributed by atoms with E-state index < -0.39 is 30.1 Å². The molecule has 0 saturated carbocycles. The fraction of sp³-hybridized carbons (Fsp3) is 0.778. The van der Waals surface area contributed by atoms with Crippen molar-refractivity contribution in [2.24, 2.45) is 29.2 Å². The number of hydrogen-bond donors (Lipinski definition) is 5. The number of likely N-dealkylation sites (N-methyl/N-ethyl adjacent to an activating group) is 1. The van der Waals surface area contributed by atoms with E-state index in [4.69, 9.17) is 16.2 Å². The summed E-state index contributed by atoms with van der Waals surface area (Å²) in [5.74, 6) is 4.30. The molecule has 1 fully saturated rings. The van der Waals surface area contributed by atoms with Crippen molar-refractivity contribution < 1.29 is 18.7 Å². The van der Waals surface area contributed by atoms with Crippen LogP contribution in [0.4, 0.5) is 4.39 Å². The first kappa shape index (κ1) is 38.8. The fourth-order valence-corrected chi connectivity index (χ4v) is 7.34. The summed E-state index contributed by atoms with van der Waals surface area (Å²) in [6.07, 6.45) is 11.1. The van der Waals surface area contributed by atoms with Crippen LogP contribution in [0.3, 0.4) is 0 Å². The highest BCUT2D eigenvalue weighted by molar-refractivity contribution is 5.82. The van der Waals surface area contributed by atoms with Gasteiger partial charge in [-0.2, -0.15) is 4.39 Å². The van der Waals surface area contributed by atoms with Crippen LogP contribution in [0.25, 0.3) is 0 Å². The number of ether oxygens (including phenoxy) is 1. The molecule has 0 aliphatic carbocycles. The van der Waals surface area contributed by atoms with Gasteiger partial charge in [-0.3, -0.25) is 14.5 Å². The SMILES string of the molecule is CCCCCCC1CC#C/C(F)=C\NC(C(C(=O)NC2=C(C(CCC)CCC)NCCC2N2CCOC(C(=O)N(C)C)C2)C(N)N)C1. The molecular formula is C36H62FN7O3. The maximum atomic E-state index is 14.6. The Hall–Kier alpha value is -2.65. The number of nitrogens with one attached hydrogen (secondary N) is 3. The second-order valence-corrected chi connectivity index (χ2v) is 13.7. The molecule has 5 unspecified atom stereocenters. The molecule has 5 atom stereocenters. The van der Waals surface area contributed by atoms with E-state index in [9.17, 15) is 14.0 Å². The first-order valence-electron chi connectivity index (χ1n) is 18.1. The van der Waals surface area contributed by atoms with Crippen LogP contribution >= 0.6 is 0 Å². The number of hydrogen-bond acceptors (Lipinski definition) is 8. The van der Waals surface area contributed by atoms with E-state index in [1.807, 2.05) is 0 Å². The second-order valence-electron chi connectivity index (χ2n) is 13.7. The molecule has 47 heavy (non-hydrogen) atoms. The van der Waals surface area contributed by atoms with Gasteiger partial charge in [0.2, 0.25) is 5.91 Å². The summed E-state index contributed by atoms with van der Waals surface area (Å²) < 4.78 is 20.5. The Kier molecular flexibility index (Phi) is 16.5. The van der Waals surface area contributed by atoms with E-state index in [0.717, 1.165) is 75.7 Å². The molecule has 0 aromatic heterocycles. The van der Waals surface area contributed by atoms with Crippen LogP contribution in [0.15, 0.2) is 23.4 Å². The van der Waals surface area contributed by atoms with Crippen molar-refractivity contribution in [1.29, 1.82) is 0 Å². The molecule has 0 radical (unpaired) electrons. The van der Waals surface area contributed by atoms with E-state index in [1.54, 1.807) is 19.0 Å². The number of nitrogens with two attached hydrogens (primary N) is 2.